The fourth-order valence-corrected chi connectivity index (χ4v) is 3.10. The molecule has 1 aromatic carbocycles. The number of aliphatic hydroxyl groups excluding tert-OH is 1. The third-order valence-electron chi connectivity index (χ3n) is 2.49. The number of benzene rings is 1. The quantitative estimate of drug-likeness (QED) is 0.905. The maximum absolute atomic E-state index is 11.5. The summed E-state index contributed by atoms with van der Waals surface area (Å²) in [4.78, 5) is 0. The zero-order valence-corrected chi connectivity index (χ0v) is 10.8. The van der Waals surface area contributed by atoms with Crippen molar-refractivity contribution in [1.82, 2.24) is 0 Å². The minimum atomic E-state index is -3.27. The Kier molecular flexibility index (Phi) is 4.35. The number of sulfone groups is 1. The summed E-state index contributed by atoms with van der Waals surface area (Å²) in [5.41, 5.74) is 0.532. The number of hydrogen-bond acceptors (Lipinski definition) is 3. The Labute approximate surface area is 101 Å². The summed E-state index contributed by atoms with van der Waals surface area (Å²) in [5, 5.41) is 9.70. The Bertz CT molecular complexity index is 456. The van der Waals surface area contributed by atoms with E-state index >= 15 is 0 Å². The van der Waals surface area contributed by atoms with Gasteiger partial charge < -0.3 is 5.11 Å². The average Bonchev–Trinajstić information content (AvgIpc) is 2.16. The first kappa shape index (κ1) is 13.5. The van der Waals surface area contributed by atoms with Gasteiger partial charge in [0.05, 0.1) is 11.4 Å². The molecule has 1 N–H and O–H groups in total. The molecule has 5 heteroatoms. The van der Waals surface area contributed by atoms with E-state index in [1.54, 1.807) is 31.2 Å². The van der Waals surface area contributed by atoms with Crippen LogP contribution in [0, 0.1) is 0 Å². The van der Waals surface area contributed by atoms with Gasteiger partial charge in [-0.1, -0.05) is 30.7 Å². The molecule has 2 atom stereocenters. The molecular weight excluding hydrogens is 248 g/mol. The van der Waals surface area contributed by atoms with Gasteiger partial charge in [-0.05, 0) is 24.1 Å². The lowest BCUT2D eigenvalue weighted by atomic mass is 10.1. The molecule has 0 saturated carbocycles. The summed E-state index contributed by atoms with van der Waals surface area (Å²) in [6.07, 6.45) is 0.472. The van der Waals surface area contributed by atoms with Crippen molar-refractivity contribution in [1.29, 1.82) is 0 Å². The van der Waals surface area contributed by atoms with Gasteiger partial charge in [0, 0.05) is 11.3 Å². The van der Waals surface area contributed by atoms with Gasteiger partial charge in [-0.25, -0.2) is 8.42 Å². The molecule has 0 fully saturated rings. The number of aliphatic hydroxyl groups is 1. The second-order valence-corrected chi connectivity index (χ2v) is 6.48. The number of rotatable bonds is 4. The minimum absolute atomic E-state index is 0.368. The SMILES string of the molecule is CC[C@@H]([C@@H](O)c1cccc(Cl)c1)S(C)(=O)=O. The van der Waals surface area contributed by atoms with Crippen molar-refractivity contribution in [3.63, 3.8) is 0 Å². The summed E-state index contributed by atoms with van der Waals surface area (Å²) in [7, 11) is -3.27. The smallest absolute Gasteiger partial charge is 0.153 e. The standard InChI is InChI=1S/C11H15ClO3S/c1-3-10(16(2,14)15)11(13)8-5-4-6-9(12)7-8/h4-7,10-11,13H,3H2,1-2H3/t10-,11-/m0/s1. The van der Waals surface area contributed by atoms with Crippen LogP contribution in [0.5, 0.6) is 0 Å². The van der Waals surface area contributed by atoms with E-state index in [1.807, 2.05) is 0 Å². The van der Waals surface area contributed by atoms with E-state index in [0.29, 0.717) is 17.0 Å². The van der Waals surface area contributed by atoms with E-state index in [4.69, 9.17) is 11.6 Å². The van der Waals surface area contributed by atoms with Crippen molar-refractivity contribution in [2.45, 2.75) is 24.7 Å². The molecule has 0 unspecified atom stereocenters. The Morgan fingerprint density at radius 3 is 2.50 bits per heavy atom. The van der Waals surface area contributed by atoms with E-state index in [2.05, 4.69) is 0 Å². The highest BCUT2D eigenvalue weighted by molar-refractivity contribution is 7.91. The molecule has 0 aromatic heterocycles. The third-order valence-corrected chi connectivity index (χ3v) is 4.42. The lowest BCUT2D eigenvalue weighted by molar-refractivity contribution is 0.169. The molecule has 0 aliphatic rings. The zero-order valence-electron chi connectivity index (χ0n) is 9.22. The Balaban J connectivity index is 3.05. The highest BCUT2D eigenvalue weighted by Gasteiger charge is 2.28. The van der Waals surface area contributed by atoms with Crippen LogP contribution in [0.2, 0.25) is 5.02 Å². The zero-order chi connectivity index (χ0) is 12.3. The molecule has 0 saturated heterocycles. The van der Waals surface area contributed by atoms with Crippen LogP contribution in [0.15, 0.2) is 24.3 Å². The Morgan fingerprint density at radius 2 is 2.06 bits per heavy atom. The Hall–Kier alpha value is -0.580. The molecule has 0 radical (unpaired) electrons. The molecule has 0 aliphatic carbocycles. The lowest BCUT2D eigenvalue weighted by Gasteiger charge is -2.20. The molecule has 0 spiro atoms. The van der Waals surface area contributed by atoms with Crippen LogP contribution in [0.3, 0.4) is 0 Å². The van der Waals surface area contributed by atoms with E-state index in [1.165, 1.54) is 0 Å². The normalized spacial score (nSPS) is 15.8. The predicted molar refractivity (Wildman–Crippen MR) is 65.3 cm³/mol. The summed E-state index contributed by atoms with van der Waals surface area (Å²) in [6, 6.07) is 6.62. The fourth-order valence-electron chi connectivity index (χ4n) is 1.67. The molecule has 1 rings (SSSR count). The van der Waals surface area contributed by atoms with Gasteiger partial charge in [-0.3, -0.25) is 0 Å². The predicted octanol–water partition coefficient (Wildman–Crippen LogP) is 2.20. The molecule has 90 valence electrons. The lowest BCUT2D eigenvalue weighted by Crippen LogP contribution is -2.26. The first-order valence-electron chi connectivity index (χ1n) is 4.98. The van der Waals surface area contributed by atoms with Gasteiger partial charge in [0.1, 0.15) is 0 Å². The fraction of sp³-hybridized carbons (Fsp3) is 0.455. The molecule has 0 heterocycles. The van der Waals surface area contributed by atoms with E-state index in [-0.39, 0.29) is 0 Å². The molecule has 1 aromatic rings. The van der Waals surface area contributed by atoms with Gasteiger partial charge in [0.15, 0.2) is 9.84 Å². The highest BCUT2D eigenvalue weighted by Crippen LogP contribution is 2.25. The first-order valence-corrected chi connectivity index (χ1v) is 7.32. The number of hydrogen-bond donors (Lipinski definition) is 1. The van der Waals surface area contributed by atoms with Gasteiger partial charge in [-0.15, -0.1) is 0 Å². The van der Waals surface area contributed by atoms with E-state index in [0.717, 1.165) is 6.26 Å². The summed E-state index contributed by atoms with van der Waals surface area (Å²) in [6.45, 7) is 1.74. The van der Waals surface area contributed by atoms with E-state index < -0.39 is 21.2 Å². The second kappa shape index (κ2) is 5.17. The first-order chi connectivity index (χ1) is 7.36. The van der Waals surface area contributed by atoms with Gasteiger partial charge in [-0.2, -0.15) is 0 Å². The van der Waals surface area contributed by atoms with Crippen molar-refractivity contribution >= 4 is 21.4 Å². The summed E-state index contributed by atoms with van der Waals surface area (Å²) >= 11 is 5.79. The molecular formula is C11H15ClO3S. The van der Waals surface area contributed by atoms with Crippen LogP contribution >= 0.6 is 11.6 Å². The largest absolute Gasteiger partial charge is 0.387 e. The van der Waals surface area contributed by atoms with Gasteiger partial charge >= 0.3 is 0 Å². The maximum Gasteiger partial charge on any atom is 0.153 e. The molecule has 16 heavy (non-hydrogen) atoms. The van der Waals surface area contributed by atoms with Crippen molar-refractivity contribution in [3.05, 3.63) is 34.9 Å². The van der Waals surface area contributed by atoms with Gasteiger partial charge in [0.2, 0.25) is 0 Å². The number of halogens is 1. The minimum Gasteiger partial charge on any atom is -0.387 e. The van der Waals surface area contributed by atoms with Crippen LogP contribution < -0.4 is 0 Å². The van der Waals surface area contributed by atoms with Crippen LogP contribution in [0.4, 0.5) is 0 Å². The summed E-state index contributed by atoms with van der Waals surface area (Å²) in [5.74, 6) is 0. The average molecular weight is 263 g/mol. The van der Waals surface area contributed by atoms with E-state index in [9.17, 15) is 13.5 Å². The van der Waals surface area contributed by atoms with Crippen molar-refractivity contribution in [3.8, 4) is 0 Å². The molecule has 3 nitrogen and oxygen atoms in total. The Morgan fingerprint density at radius 1 is 1.44 bits per heavy atom. The van der Waals surface area contributed by atoms with Crippen LogP contribution in [-0.4, -0.2) is 25.0 Å². The van der Waals surface area contributed by atoms with Crippen LogP contribution in [0.25, 0.3) is 0 Å². The summed E-state index contributed by atoms with van der Waals surface area (Å²) < 4.78 is 22.9. The van der Waals surface area contributed by atoms with Gasteiger partial charge in [0.25, 0.3) is 0 Å². The van der Waals surface area contributed by atoms with Crippen molar-refractivity contribution < 1.29 is 13.5 Å². The van der Waals surface area contributed by atoms with Crippen molar-refractivity contribution in [2.24, 2.45) is 0 Å². The monoisotopic (exact) mass is 262 g/mol. The highest BCUT2D eigenvalue weighted by atomic mass is 35.5. The van der Waals surface area contributed by atoms with Crippen LogP contribution in [-0.2, 0) is 9.84 Å². The molecule has 0 aliphatic heterocycles. The topological polar surface area (TPSA) is 54.4 Å². The second-order valence-electron chi connectivity index (χ2n) is 3.78. The van der Waals surface area contributed by atoms with Crippen LogP contribution in [0.1, 0.15) is 25.0 Å². The molecule has 0 amide bonds. The molecule has 0 bridgehead atoms. The van der Waals surface area contributed by atoms with Crippen molar-refractivity contribution in [2.75, 3.05) is 6.26 Å². The third kappa shape index (κ3) is 3.20. The maximum atomic E-state index is 11.5.